The lowest BCUT2D eigenvalue weighted by Gasteiger charge is -2.26. The Hall–Kier alpha value is -2.49. The summed E-state index contributed by atoms with van der Waals surface area (Å²) in [6.45, 7) is 7.94. The van der Waals surface area contributed by atoms with E-state index in [1.807, 2.05) is 12.1 Å². The molecular formula is C22H28N2O2. The van der Waals surface area contributed by atoms with E-state index in [-0.39, 0.29) is 6.09 Å². The van der Waals surface area contributed by atoms with E-state index in [2.05, 4.69) is 50.0 Å². The number of H-pyrrole nitrogens is 1. The van der Waals surface area contributed by atoms with Crippen LogP contribution in [0.15, 0.2) is 47.6 Å². The summed E-state index contributed by atoms with van der Waals surface area (Å²) < 4.78 is 5.45. The Morgan fingerprint density at radius 3 is 2.85 bits per heavy atom. The molecule has 1 aromatic carbocycles. The summed E-state index contributed by atoms with van der Waals surface area (Å²) in [5, 5.41) is 1.27. The molecule has 0 spiro atoms. The molecule has 4 nitrogen and oxygen atoms in total. The molecule has 26 heavy (non-hydrogen) atoms. The van der Waals surface area contributed by atoms with Gasteiger partial charge in [0.2, 0.25) is 0 Å². The molecule has 0 saturated carbocycles. The molecule has 1 aliphatic rings. The van der Waals surface area contributed by atoms with E-state index in [1.54, 1.807) is 4.90 Å². The van der Waals surface area contributed by atoms with Crippen molar-refractivity contribution in [2.24, 2.45) is 0 Å². The molecule has 0 aliphatic carbocycles. The molecular weight excluding hydrogens is 324 g/mol. The van der Waals surface area contributed by atoms with Gasteiger partial charge in [0.25, 0.3) is 0 Å². The maximum Gasteiger partial charge on any atom is 0.410 e. The van der Waals surface area contributed by atoms with Gasteiger partial charge in [0.1, 0.15) is 6.61 Å². The number of hydrogen-bond donors (Lipinski definition) is 1. The quantitative estimate of drug-likeness (QED) is 0.737. The zero-order valence-electron chi connectivity index (χ0n) is 16.0. The second-order valence-electron chi connectivity index (χ2n) is 7.25. The minimum atomic E-state index is -0.234. The first-order valence-electron chi connectivity index (χ1n) is 9.33. The highest BCUT2D eigenvalue weighted by molar-refractivity contribution is 5.85. The Morgan fingerprint density at radius 2 is 2.04 bits per heavy atom. The minimum Gasteiger partial charge on any atom is -0.445 e. The van der Waals surface area contributed by atoms with Gasteiger partial charge in [-0.1, -0.05) is 35.4 Å². The summed E-state index contributed by atoms with van der Waals surface area (Å²) in [7, 11) is 0. The van der Waals surface area contributed by atoms with Crippen molar-refractivity contribution in [1.82, 2.24) is 9.88 Å². The maximum atomic E-state index is 12.4. The third kappa shape index (κ3) is 4.37. The zero-order chi connectivity index (χ0) is 18.5. The van der Waals surface area contributed by atoms with Crippen molar-refractivity contribution in [1.29, 1.82) is 0 Å². The van der Waals surface area contributed by atoms with Crippen LogP contribution < -0.4 is 0 Å². The smallest absolute Gasteiger partial charge is 0.410 e. The minimum absolute atomic E-state index is 0.234. The number of fused-ring (bicyclic) bond motifs is 3. The lowest BCUT2D eigenvalue weighted by Crippen LogP contribution is -2.36. The Balaban J connectivity index is 1.52. The molecule has 1 N–H and O–H groups in total. The average molecular weight is 352 g/mol. The van der Waals surface area contributed by atoms with Crippen LogP contribution in [0.2, 0.25) is 0 Å². The summed E-state index contributed by atoms with van der Waals surface area (Å²) in [4.78, 5) is 17.6. The van der Waals surface area contributed by atoms with E-state index >= 15 is 0 Å². The van der Waals surface area contributed by atoms with E-state index < -0.39 is 0 Å². The predicted molar refractivity (Wildman–Crippen MR) is 106 cm³/mol. The lowest BCUT2D eigenvalue weighted by molar-refractivity contribution is 0.107. The van der Waals surface area contributed by atoms with E-state index in [0.717, 1.165) is 30.5 Å². The van der Waals surface area contributed by atoms with Gasteiger partial charge in [-0.25, -0.2) is 4.79 Å². The van der Waals surface area contributed by atoms with Crippen LogP contribution in [0.25, 0.3) is 10.9 Å². The van der Waals surface area contributed by atoms with Crippen molar-refractivity contribution < 1.29 is 9.53 Å². The summed E-state index contributed by atoms with van der Waals surface area (Å²) >= 11 is 0. The van der Waals surface area contributed by atoms with Crippen LogP contribution in [0, 0.1) is 0 Å². The summed E-state index contributed by atoms with van der Waals surface area (Å²) in [6.07, 6.45) is 6.91. The van der Waals surface area contributed by atoms with Gasteiger partial charge in [-0.15, -0.1) is 0 Å². The fourth-order valence-corrected chi connectivity index (χ4v) is 3.39. The van der Waals surface area contributed by atoms with E-state index in [0.29, 0.717) is 19.7 Å². The van der Waals surface area contributed by atoms with Crippen molar-refractivity contribution in [3.05, 3.63) is 58.8 Å². The highest BCUT2D eigenvalue weighted by Gasteiger charge is 2.24. The standard InChI is InChI=1S/C22H28N2O2/c1-16(2)7-6-8-17(3)12-14-26-22(25)24-13-11-19-18-9-4-5-10-20(18)23-21(19)15-24/h4-5,7,9-10,12,23H,6,8,11,13-15H2,1-3H3. The number of carbonyl (C=O) groups is 1. The lowest BCUT2D eigenvalue weighted by atomic mass is 10.0. The van der Waals surface area contributed by atoms with E-state index in [1.165, 1.54) is 22.1 Å². The van der Waals surface area contributed by atoms with Crippen molar-refractivity contribution in [3.8, 4) is 0 Å². The van der Waals surface area contributed by atoms with Crippen molar-refractivity contribution >= 4 is 17.0 Å². The summed E-state index contributed by atoms with van der Waals surface area (Å²) in [5.74, 6) is 0. The van der Waals surface area contributed by atoms with Gasteiger partial charge in [0.15, 0.2) is 0 Å². The molecule has 0 unspecified atom stereocenters. The first-order chi connectivity index (χ1) is 12.5. The first-order valence-corrected chi connectivity index (χ1v) is 9.33. The molecule has 138 valence electrons. The van der Waals surface area contributed by atoms with E-state index in [9.17, 15) is 4.79 Å². The number of nitrogens with zero attached hydrogens (tertiary/aromatic N) is 1. The molecule has 0 fully saturated rings. The third-order valence-corrected chi connectivity index (χ3v) is 4.87. The molecule has 0 saturated heterocycles. The number of nitrogens with one attached hydrogen (secondary N) is 1. The second-order valence-corrected chi connectivity index (χ2v) is 7.25. The average Bonchev–Trinajstić information content (AvgIpc) is 2.99. The van der Waals surface area contributed by atoms with Gasteiger partial charge < -0.3 is 14.6 Å². The fraction of sp³-hybridized carbons (Fsp3) is 0.409. The number of para-hydroxylation sites is 1. The monoisotopic (exact) mass is 352 g/mol. The molecule has 0 radical (unpaired) electrons. The van der Waals surface area contributed by atoms with Crippen LogP contribution in [0.3, 0.4) is 0 Å². The Bertz CT molecular complexity index is 841. The molecule has 2 aromatic rings. The van der Waals surface area contributed by atoms with Crippen molar-refractivity contribution in [2.45, 2.75) is 46.6 Å². The molecule has 3 rings (SSSR count). The Morgan fingerprint density at radius 1 is 1.23 bits per heavy atom. The first kappa shape index (κ1) is 18.3. The highest BCUT2D eigenvalue weighted by atomic mass is 16.6. The fourth-order valence-electron chi connectivity index (χ4n) is 3.39. The molecule has 1 amide bonds. The van der Waals surface area contributed by atoms with Crippen molar-refractivity contribution in [2.75, 3.05) is 13.2 Å². The number of aromatic nitrogens is 1. The highest BCUT2D eigenvalue weighted by Crippen LogP contribution is 2.27. The van der Waals surface area contributed by atoms with Gasteiger partial charge in [0, 0.05) is 23.1 Å². The number of rotatable bonds is 5. The molecule has 0 atom stereocenters. The molecule has 0 bridgehead atoms. The second kappa shape index (κ2) is 8.26. The van der Waals surface area contributed by atoms with E-state index in [4.69, 9.17) is 4.74 Å². The molecule has 2 heterocycles. The van der Waals surface area contributed by atoms with Crippen LogP contribution >= 0.6 is 0 Å². The van der Waals surface area contributed by atoms with Gasteiger partial charge in [-0.2, -0.15) is 0 Å². The Kier molecular flexibility index (Phi) is 5.82. The normalized spacial score (nSPS) is 14.3. The van der Waals surface area contributed by atoms with Crippen molar-refractivity contribution in [3.63, 3.8) is 0 Å². The predicted octanol–water partition coefficient (Wildman–Crippen LogP) is 5.36. The zero-order valence-corrected chi connectivity index (χ0v) is 16.0. The van der Waals surface area contributed by atoms with Gasteiger partial charge in [-0.05, 0) is 57.7 Å². The van der Waals surface area contributed by atoms with Gasteiger partial charge in [0.05, 0.1) is 6.54 Å². The maximum absolute atomic E-state index is 12.4. The van der Waals surface area contributed by atoms with Gasteiger partial charge >= 0.3 is 6.09 Å². The number of carbonyl (C=O) groups excluding carboxylic acids is 1. The number of benzene rings is 1. The number of hydrogen-bond acceptors (Lipinski definition) is 2. The van der Waals surface area contributed by atoms with Crippen LogP contribution in [-0.4, -0.2) is 29.1 Å². The number of ether oxygens (including phenoxy) is 1. The van der Waals surface area contributed by atoms with Crippen LogP contribution in [0.1, 0.15) is 44.9 Å². The number of aromatic amines is 1. The van der Waals surface area contributed by atoms with Crippen LogP contribution in [0.4, 0.5) is 4.79 Å². The van der Waals surface area contributed by atoms with Crippen LogP contribution in [-0.2, 0) is 17.7 Å². The number of allylic oxidation sites excluding steroid dienone is 3. The third-order valence-electron chi connectivity index (χ3n) is 4.87. The molecule has 1 aromatic heterocycles. The summed E-state index contributed by atoms with van der Waals surface area (Å²) in [6, 6.07) is 8.31. The molecule has 1 aliphatic heterocycles. The number of amides is 1. The Labute approximate surface area is 155 Å². The summed E-state index contributed by atoms with van der Waals surface area (Å²) in [5.41, 5.74) is 6.20. The SMILES string of the molecule is CC(C)=CCCC(C)=CCOC(=O)N1CCc2c([nH]c3ccccc23)C1. The largest absolute Gasteiger partial charge is 0.445 e. The molecule has 4 heteroatoms. The van der Waals surface area contributed by atoms with Gasteiger partial charge in [-0.3, -0.25) is 0 Å². The van der Waals surface area contributed by atoms with Crippen LogP contribution in [0.5, 0.6) is 0 Å². The topological polar surface area (TPSA) is 45.3 Å².